The number of nitrogens with zero attached hydrogens (tertiary/aromatic N) is 5. The molecule has 1 aliphatic heterocycles. The van der Waals surface area contributed by atoms with Crippen molar-refractivity contribution in [3.8, 4) is 0 Å². The predicted octanol–water partition coefficient (Wildman–Crippen LogP) is 2.76. The average molecular weight is 167 g/mol. The van der Waals surface area contributed by atoms with Gasteiger partial charge in [-0.2, -0.15) is 5.11 Å². The van der Waals surface area contributed by atoms with E-state index in [9.17, 15) is 0 Å². The molecule has 5 heteroatoms. The molecule has 0 amide bonds. The maximum Gasteiger partial charge on any atom is 0.0621 e. The highest BCUT2D eigenvalue weighted by Crippen LogP contribution is 2.02. The van der Waals surface area contributed by atoms with Crippen LogP contribution in [0, 0.1) is 0 Å². The Hall–Kier alpha value is -1.13. The van der Waals surface area contributed by atoms with Gasteiger partial charge in [-0.05, 0) is 34.9 Å². The molecule has 0 saturated carbocycles. The van der Waals surface area contributed by atoms with Gasteiger partial charge in [0.2, 0.25) is 0 Å². The van der Waals surface area contributed by atoms with Gasteiger partial charge in [0, 0.05) is 6.21 Å². The molecular formula is C7H13N5. The molecular weight excluding hydrogens is 154 g/mol. The van der Waals surface area contributed by atoms with Gasteiger partial charge in [-0.15, -0.1) is 5.10 Å². The number of hydrogen-bond donors (Lipinski definition) is 0. The topological polar surface area (TPSA) is 61.8 Å². The van der Waals surface area contributed by atoms with E-state index in [4.69, 9.17) is 0 Å². The second kappa shape index (κ2) is 6.57. The molecule has 66 valence electrons. The van der Waals surface area contributed by atoms with Gasteiger partial charge in [0.1, 0.15) is 0 Å². The Labute approximate surface area is 71.7 Å². The molecule has 5 nitrogen and oxygen atoms in total. The SMILES string of the molecule is C1=N\N=N/N=NCCCCCC/1. The van der Waals surface area contributed by atoms with Gasteiger partial charge >= 0.3 is 0 Å². The minimum absolute atomic E-state index is 0.753. The van der Waals surface area contributed by atoms with E-state index < -0.39 is 0 Å². The normalized spacial score (nSPS) is 25.3. The molecule has 0 unspecified atom stereocenters. The number of rotatable bonds is 0. The van der Waals surface area contributed by atoms with Crippen LogP contribution in [-0.2, 0) is 0 Å². The summed E-state index contributed by atoms with van der Waals surface area (Å²) < 4.78 is 0. The zero-order valence-electron chi connectivity index (χ0n) is 7.06. The monoisotopic (exact) mass is 167 g/mol. The Bertz CT molecular complexity index is 164. The fraction of sp³-hybridized carbons (Fsp3) is 0.857. The van der Waals surface area contributed by atoms with Gasteiger partial charge in [-0.3, -0.25) is 0 Å². The van der Waals surface area contributed by atoms with Crippen molar-refractivity contribution in [3.05, 3.63) is 0 Å². The second-order valence-corrected chi connectivity index (χ2v) is 2.63. The van der Waals surface area contributed by atoms with Crippen molar-refractivity contribution in [2.24, 2.45) is 25.9 Å². The average Bonchev–Trinajstić information content (AvgIpc) is 2.05. The summed E-state index contributed by atoms with van der Waals surface area (Å²) in [5, 5.41) is 17.8. The Kier molecular flexibility index (Phi) is 4.91. The molecule has 12 heavy (non-hydrogen) atoms. The van der Waals surface area contributed by atoms with Crippen LogP contribution >= 0.6 is 0 Å². The van der Waals surface area contributed by atoms with Crippen molar-refractivity contribution in [1.29, 1.82) is 0 Å². The molecule has 0 aliphatic carbocycles. The first-order valence-corrected chi connectivity index (χ1v) is 4.28. The van der Waals surface area contributed by atoms with Crippen molar-refractivity contribution in [3.63, 3.8) is 0 Å². The Balaban J connectivity index is 2.32. The smallest absolute Gasteiger partial charge is 0.0621 e. The third kappa shape index (κ3) is 4.65. The van der Waals surface area contributed by atoms with Crippen LogP contribution in [0.5, 0.6) is 0 Å². The van der Waals surface area contributed by atoms with Gasteiger partial charge in [0.15, 0.2) is 0 Å². The van der Waals surface area contributed by atoms with Crippen LogP contribution in [0.1, 0.15) is 32.1 Å². The Morgan fingerprint density at radius 3 is 2.75 bits per heavy atom. The summed E-state index contributed by atoms with van der Waals surface area (Å²) in [6, 6.07) is 0. The largest absolute Gasteiger partial charge is 0.167 e. The van der Waals surface area contributed by atoms with E-state index in [-0.39, 0.29) is 0 Å². The van der Waals surface area contributed by atoms with Crippen molar-refractivity contribution >= 4 is 6.21 Å². The van der Waals surface area contributed by atoms with E-state index in [0.29, 0.717) is 0 Å². The summed E-state index contributed by atoms with van der Waals surface area (Å²) >= 11 is 0. The van der Waals surface area contributed by atoms with Gasteiger partial charge in [-0.1, -0.05) is 12.8 Å². The fourth-order valence-corrected chi connectivity index (χ4v) is 0.980. The van der Waals surface area contributed by atoms with E-state index in [1.54, 1.807) is 6.21 Å². The molecule has 0 atom stereocenters. The summed E-state index contributed by atoms with van der Waals surface area (Å²) in [6.07, 6.45) is 7.46. The van der Waals surface area contributed by atoms with Crippen LogP contribution in [0.15, 0.2) is 25.9 Å². The maximum atomic E-state index is 3.80. The molecule has 1 heterocycles. The van der Waals surface area contributed by atoms with Gasteiger partial charge < -0.3 is 0 Å². The first-order valence-electron chi connectivity index (χ1n) is 4.28. The molecule has 0 aromatic rings. The molecule has 0 aromatic carbocycles. The van der Waals surface area contributed by atoms with E-state index >= 15 is 0 Å². The van der Waals surface area contributed by atoms with E-state index in [0.717, 1.165) is 19.4 Å². The molecule has 0 N–H and O–H groups in total. The standard InChI is InChI=1S/C7H13N5/c1-2-4-6-8-10-12-11-9-7-5-3-1/h6H,1-5,7H2/b8-6-,11-9?,12-10-. The van der Waals surface area contributed by atoms with Crippen LogP contribution in [0.3, 0.4) is 0 Å². The molecule has 1 aliphatic rings. The van der Waals surface area contributed by atoms with Crippen molar-refractivity contribution in [2.75, 3.05) is 6.54 Å². The minimum atomic E-state index is 0.753. The lowest BCUT2D eigenvalue weighted by atomic mass is 10.1. The summed E-state index contributed by atoms with van der Waals surface area (Å²) in [4.78, 5) is 0. The summed E-state index contributed by atoms with van der Waals surface area (Å²) in [6.45, 7) is 0.753. The Morgan fingerprint density at radius 2 is 1.75 bits per heavy atom. The highest BCUT2D eigenvalue weighted by atomic mass is 15.5. The molecule has 1 rings (SSSR count). The molecule has 0 bridgehead atoms. The molecule has 0 radical (unpaired) electrons. The predicted molar refractivity (Wildman–Crippen MR) is 46.2 cm³/mol. The Morgan fingerprint density at radius 1 is 0.833 bits per heavy atom. The van der Waals surface area contributed by atoms with E-state index in [1.807, 2.05) is 0 Å². The third-order valence-corrected chi connectivity index (χ3v) is 1.62. The zero-order chi connectivity index (χ0) is 8.49. The van der Waals surface area contributed by atoms with Crippen molar-refractivity contribution < 1.29 is 0 Å². The zero-order valence-corrected chi connectivity index (χ0v) is 7.06. The molecule has 0 saturated heterocycles. The van der Waals surface area contributed by atoms with Crippen LogP contribution in [-0.4, -0.2) is 12.8 Å². The van der Waals surface area contributed by atoms with Gasteiger partial charge in [-0.25, -0.2) is 0 Å². The number of hydrogen-bond acceptors (Lipinski definition) is 5. The van der Waals surface area contributed by atoms with Crippen LogP contribution in [0.25, 0.3) is 0 Å². The second-order valence-electron chi connectivity index (χ2n) is 2.63. The molecule has 0 spiro atoms. The summed E-state index contributed by atoms with van der Waals surface area (Å²) in [7, 11) is 0. The first-order chi connectivity index (χ1) is 6.00. The molecule has 0 aromatic heterocycles. The highest BCUT2D eigenvalue weighted by molar-refractivity contribution is 5.56. The van der Waals surface area contributed by atoms with Crippen LogP contribution in [0.4, 0.5) is 0 Å². The lowest BCUT2D eigenvalue weighted by Crippen LogP contribution is -1.83. The lowest BCUT2D eigenvalue weighted by Gasteiger charge is -1.95. The third-order valence-electron chi connectivity index (χ3n) is 1.62. The van der Waals surface area contributed by atoms with Gasteiger partial charge in [0.05, 0.1) is 6.54 Å². The van der Waals surface area contributed by atoms with Crippen LogP contribution < -0.4 is 0 Å². The quantitative estimate of drug-likeness (QED) is 0.532. The maximum absolute atomic E-state index is 3.80. The van der Waals surface area contributed by atoms with Crippen LogP contribution in [0.2, 0.25) is 0 Å². The first kappa shape index (κ1) is 8.96. The van der Waals surface area contributed by atoms with E-state index in [1.165, 1.54) is 19.3 Å². The summed E-state index contributed by atoms with van der Waals surface area (Å²) in [5.41, 5.74) is 0. The summed E-state index contributed by atoms with van der Waals surface area (Å²) in [5.74, 6) is 0. The fourth-order valence-electron chi connectivity index (χ4n) is 0.980. The van der Waals surface area contributed by atoms with Crippen molar-refractivity contribution in [1.82, 2.24) is 0 Å². The lowest BCUT2D eigenvalue weighted by molar-refractivity contribution is 0.644. The van der Waals surface area contributed by atoms with Gasteiger partial charge in [0.25, 0.3) is 0 Å². The molecule has 0 fully saturated rings. The highest BCUT2D eigenvalue weighted by Gasteiger charge is 1.89. The van der Waals surface area contributed by atoms with Crippen molar-refractivity contribution in [2.45, 2.75) is 32.1 Å². The minimum Gasteiger partial charge on any atom is -0.167 e. The van der Waals surface area contributed by atoms with E-state index in [2.05, 4.69) is 25.9 Å².